The molecule has 0 heteroatoms. The van der Waals surface area contributed by atoms with E-state index in [-0.39, 0.29) is 0 Å². The Morgan fingerprint density at radius 1 is 0.857 bits per heavy atom. The van der Waals surface area contributed by atoms with Gasteiger partial charge < -0.3 is 0 Å². The molecule has 14 heavy (non-hydrogen) atoms. The average Bonchev–Trinajstić information content (AvgIpc) is 2.19. The Morgan fingerprint density at radius 2 is 1.43 bits per heavy atom. The maximum atomic E-state index is 5.47. The first-order chi connectivity index (χ1) is 6.93. The van der Waals surface area contributed by atoms with Gasteiger partial charge >= 0.3 is 0 Å². The molecule has 0 unspecified atom stereocenters. The summed E-state index contributed by atoms with van der Waals surface area (Å²) in [6.07, 6.45) is 21.1. The lowest BCUT2D eigenvalue weighted by atomic mass is 10.0. The van der Waals surface area contributed by atoms with E-state index < -0.39 is 0 Å². The lowest BCUT2D eigenvalue weighted by molar-refractivity contribution is 0.564. The first-order valence-corrected chi connectivity index (χ1v) is 6.09. The molecular weight excluding hydrogens is 168 g/mol. The molecule has 0 bridgehead atoms. The van der Waals surface area contributed by atoms with E-state index in [9.17, 15) is 0 Å². The van der Waals surface area contributed by atoms with E-state index in [1.54, 1.807) is 0 Å². The molecule has 0 fully saturated rings. The minimum absolute atomic E-state index is 1.14. The van der Waals surface area contributed by atoms with Crippen LogP contribution in [0, 0.1) is 12.3 Å². The van der Waals surface area contributed by atoms with Gasteiger partial charge in [-0.15, -0.1) is 6.42 Å². The van der Waals surface area contributed by atoms with Crippen molar-refractivity contribution < 1.29 is 0 Å². The van der Waals surface area contributed by atoms with Gasteiger partial charge in [-0.1, -0.05) is 50.5 Å². The monoisotopic (exact) mass is 190 g/mol. The van der Waals surface area contributed by atoms with E-state index in [2.05, 4.69) is 12.0 Å². The summed E-state index contributed by atoms with van der Waals surface area (Å²) < 4.78 is 0. The predicted molar refractivity (Wildman–Crippen MR) is 63.1 cm³/mol. The molecule has 1 rings (SSSR count). The van der Waals surface area contributed by atoms with Crippen LogP contribution in [0.1, 0.15) is 64.2 Å². The average molecular weight is 190 g/mol. The van der Waals surface area contributed by atoms with Gasteiger partial charge in [0.15, 0.2) is 0 Å². The van der Waals surface area contributed by atoms with Crippen molar-refractivity contribution >= 4 is 0 Å². The number of hydrogen-bond donors (Lipinski definition) is 0. The lowest BCUT2D eigenvalue weighted by Crippen LogP contribution is -1.86. The molecule has 0 N–H and O–H groups in total. The third-order valence-corrected chi connectivity index (χ3v) is 2.98. The van der Waals surface area contributed by atoms with Crippen LogP contribution < -0.4 is 0 Å². The van der Waals surface area contributed by atoms with Gasteiger partial charge in [-0.3, -0.25) is 0 Å². The van der Waals surface area contributed by atoms with Gasteiger partial charge in [0.05, 0.1) is 0 Å². The Hall–Kier alpha value is -0.700. The fraction of sp³-hybridized carbons (Fsp3) is 0.714. The Bertz CT molecular complexity index is 205. The number of terminal acetylenes is 1. The van der Waals surface area contributed by atoms with Crippen molar-refractivity contribution in [3.8, 4) is 12.3 Å². The molecule has 0 radical (unpaired) electrons. The standard InChI is InChI=1S/C14H22/c1-2-14-12-10-8-6-4-3-5-7-9-11-13-14/h1,12H,3-11,13H2. The zero-order chi connectivity index (χ0) is 10.1. The highest BCUT2D eigenvalue weighted by molar-refractivity contribution is 5.24. The molecule has 78 valence electrons. The van der Waals surface area contributed by atoms with E-state index in [4.69, 9.17) is 6.42 Å². The summed E-state index contributed by atoms with van der Waals surface area (Å²) in [7, 11) is 0. The third kappa shape index (κ3) is 5.12. The van der Waals surface area contributed by atoms with Gasteiger partial charge in [0, 0.05) is 0 Å². The summed E-state index contributed by atoms with van der Waals surface area (Å²) in [4.78, 5) is 0. The summed E-state index contributed by atoms with van der Waals surface area (Å²) in [6.45, 7) is 0. The number of hydrogen-bond acceptors (Lipinski definition) is 0. The van der Waals surface area contributed by atoms with Gasteiger partial charge in [-0.25, -0.2) is 0 Å². The molecule has 0 nitrogen and oxygen atoms in total. The topological polar surface area (TPSA) is 0 Å². The SMILES string of the molecule is C#CC1=CCCCCCCCCCC1. The first kappa shape index (κ1) is 11.4. The molecule has 1 aliphatic rings. The largest absolute Gasteiger partial charge is 0.115 e. The molecule has 0 atom stereocenters. The minimum atomic E-state index is 1.14. The van der Waals surface area contributed by atoms with Gasteiger partial charge in [-0.2, -0.15) is 0 Å². The Morgan fingerprint density at radius 3 is 2.07 bits per heavy atom. The molecule has 0 aromatic heterocycles. The Balaban J connectivity index is 2.34. The second kappa shape index (κ2) is 7.68. The molecule has 1 aliphatic carbocycles. The lowest BCUT2D eigenvalue weighted by Gasteiger charge is -2.05. The highest BCUT2D eigenvalue weighted by atomic mass is 14.0. The van der Waals surface area contributed by atoms with Crippen molar-refractivity contribution in [1.82, 2.24) is 0 Å². The van der Waals surface area contributed by atoms with Crippen LogP contribution >= 0.6 is 0 Å². The summed E-state index contributed by atoms with van der Waals surface area (Å²) in [5, 5.41) is 0. The maximum Gasteiger partial charge on any atom is -0.00223 e. The minimum Gasteiger partial charge on any atom is -0.115 e. The van der Waals surface area contributed by atoms with E-state index in [1.165, 1.54) is 63.4 Å². The first-order valence-electron chi connectivity index (χ1n) is 6.09. The molecule has 0 heterocycles. The predicted octanol–water partition coefficient (Wildman–Crippen LogP) is 4.46. The fourth-order valence-corrected chi connectivity index (χ4v) is 2.03. The van der Waals surface area contributed by atoms with Crippen molar-refractivity contribution in [3.05, 3.63) is 11.6 Å². The number of allylic oxidation sites excluding steroid dienone is 2. The van der Waals surface area contributed by atoms with Crippen LogP contribution in [0.25, 0.3) is 0 Å². The number of rotatable bonds is 0. The molecule has 0 aromatic rings. The van der Waals surface area contributed by atoms with Gasteiger partial charge in [-0.05, 0) is 31.3 Å². The van der Waals surface area contributed by atoms with Crippen LogP contribution in [0.4, 0.5) is 0 Å². The van der Waals surface area contributed by atoms with E-state index in [0.29, 0.717) is 0 Å². The van der Waals surface area contributed by atoms with Crippen molar-refractivity contribution in [2.45, 2.75) is 64.2 Å². The van der Waals surface area contributed by atoms with Crippen LogP contribution in [0.3, 0.4) is 0 Å². The zero-order valence-corrected chi connectivity index (χ0v) is 9.23. The van der Waals surface area contributed by atoms with Crippen molar-refractivity contribution in [1.29, 1.82) is 0 Å². The van der Waals surface area contributed by atoms with Gasteiger partial charge in [0.1, 0.15) is 0 Å². The van der Waals surface area contributed by atoms with Crippen molar-refractivity contribution in [3.63, 3.8) is 0 Å². The normalized spacial score (nSPS) is 21.2. The highest BCUT2D eigenvalue weighted by Gasteiger charge is 1.97. The molecule has 0 aromatic carbocycles. The summed E-state index contributed by atoms with van der Waals surface area (Å²) in [6, 6.07) is 0. The van der Waals surface area contributed by atoms with E-state index in [1.807, 2.05) is 0 Å². The van der Waals surface area contributed by atoms with Crippen molar-refractivity contribution in [2.24, 2.45) is 0 Å². The molecule has 0 saturated carbocycles. The van der Waals surface area contributed by atoms with Crippen LogP contribution in [0.15, 0.2) is 11.6 Å². The quantitative estimate of drug-likeness (QED) is 0.495. The third-order valence-electron chi connectivity index (χ3n) is 2.98. The molecule has 0 spiro atoms. The van der Waals surface area contributed by atoms with Crippen molar-refractivity contribution in [2.75, 3.05) is 0 Å². The van der Waals surface area contributed by atoms with Crippen LogP contribution in [-0.2, 0) is 0 Å². The summed E-state index contributed by atoms with van der Waals surface area (Å²) in [5.74, 6) is 2.82. The second-order valence-corrected chi connectivity index (χ2v) is 4.24. The van der Waals surface area contributed by atoms with Crippen LogP contribution in [-0.4, -0.2) is 0 Å². The van der Waals surface area contributed by atoms with Gasteiger partial charge in [0.25, 0.3) is 0 Å². The summed E-state index contributed by atoms with van der Waals surface area (Å²) >= 11 is 0. The second-order valence-electron chi connectivity index (χ2n) is 4.24. The smallest absolute Gasteiger partial charge is 0.00223 e. The Labute approximate surface area is 88.8 Å². The Kier molecular flexibility index (Phi) is 6.24. The highest BCUT2D eigenvalue weighted by Crippen LogP contribution is 2.16. The zero-order valence-electron chi connectivity index (χ0n) is 9.23. The molecule has 0 aliphatic heterocycles. The molecule has 0 saturated heterocycles. The fourth-order valence-electron chi connectivity index (χ4n) is 2.03. The van der Waals surface area contributed by atoms with Gasteiger partial charge in [0.2, 0.25) is 0 Å². The molecule has 0 amide bonds. The molecular formula is C14H22. The van der Waals surface area contributed by atoms with E-state index >= 15 is 0 Å². The summed E-state index contributed by atoms with van der Waals surface area (Å²) in [5.41, 5.74) is 1.24. The van der Waals surface area contributed by atoms with Crippen LogP contribution in [0.5, 0.6) is 0 Å². The maximum absolute atomic E-state index is 5.47. The van der Waals surface area contributed by atoms with E-state index in [0.717, 1.165) is 6.42 Å². The van der Waals surface area contributed by atoms with Crippen LogP contribution in [0.2, 0.25) is 0 Å².